The number of aliphatic hydroxyl groups excluding tert-OH is 1. The number of allylic oxidation sites excluding steroid dienone is 6. The second-order valence-electron chi connectivity index (χ2n) is 3.31. The van der Waals surface area contributed by atoms with Crippen molar-refractivity contribution in [2.24, 2.45) is 5.92 Å². The predicted molar refractivity (Wildman–Crippen MR) is 63.1 cm³/mol. The van der Waals surface area contributed by atoms with Crippen LogP contribution in [-0.4, -0.2) is 11.2 Å². The summed E-state index contributed by atoms with van der Waals surface area (Å²) in [5.41, 5.74) is 0. The highest BCUT2D eigenvalue weighted by molar-refractivity contribution is 5.08. The van der Waals surface area contributed by atoms with Crippen LogP contribution in [0, 0.1) is 5.92 Å². The Morgan fingerprint density at radius 2 is 1.79 bits per heavy atom. The van der Waals surface area contributed by atoms with Crippen LogP contribution < -0.4 is 0 Å². The van der Waals surface area contributed by atoms with Crippen LogP contribution in [0.2, 0.25) is 0 Å². The van der Waals surface area contributed by atoms with Crippen molar-refractivity contribution in [1.82, 2.24) is 0 Å². The SMILES string of the molecule is C=C/C=C\C/C=C\C=C/C(C)[C@@H](C)O. The first-order valence-electron chi connectivity index (χ1n) is 4.97. The van der Waals surface area contributed by atoms with E-state index in [-0.39, 0.29) is 12.0 Å². The second kappa shape index (κ2) is 8.52. The van der Waals surface area contributed by atoms with Gasteiger partial charge in [0.1, 0.15) is 0 Å². The smallest absolute Gasteiger partial charge is 0.0572 e. The Balaban J connectivity index is 3.70. The van der Waals surface area contributed by atoms with Crippen LogP contribution in [0.5, 0.6) is 0 Å². The zero-order chi connectivity index (χ0) is 10.8. The van der Waals surface area contributed by atoms with Gasteiger partial charge in [-0.15, -0.1) is 0 Å². The summed E-state index contributed by atoms with van der Waals surface area (Å²) in [5, 5.41) is 9.20. The van der Waals surface area contributed by atoms with E-state index in [1.165, 1.54) is 0 Å². The summed E-state index contributed by atoms with van der Waals surface area (Å²) in [6, 6.07) is 0. The summed E-state index contributed by atoms with van der Waals surface area (Å²) in [5.74, 6) is 0.211. The fraction of sp³-hybridized carbons (Fsp3) is 0.385. The Morgan fingerprint density at radius 1 is 1.14 bits per heavy atom. The molecule has 0 aliphatic rings. The third-order valence-corrected chi connectivity index (χ3v) is 1.97. The van der Waals surface area contributed by atoms with Gasteiger partial charge in [-0.25, -0.2) is 0 Å². The fourth-order valence-corrected chi connectivity index (χ4v) is 0.811. The van der Waals surface area contributed by atoms with Crippen molar-refractivity contribution < 1.29 is 5.11 Å². The number of hydrogen-bond acceptors (Lipinski definition) is 1. The molecule has 2 atom stereocenters. The molecular weight excluding hydrogens is 172 g/mol. The van der Waals surface area contributed by atoms with Crippen molar-refractivity contribution in [2.75, 3.05) is 0 Å². The van der Waals surface area contributed by atoms with Crippen LogP contribution in [0.25, 0.3) is 0 Å². The molecule has 0 bridgehead atoms. The molecular formula is C13H20O. The Bertz CT molecular complexity index is 221. The first kappa shape index (κ1) is 12.9. The van der Waals surface area contributed by atoms with Gasteiger partial charge in [0.2, 0.25) is 0 Å². The van der Waals surface area contributed by atoms with E-state index in [1.807, 2.05) is 37.3 Å². The van der Waals surface area contributed by atoms with Gasteiger partial charge in [0.05, 0.1) is 6.10 Å². The largest absolute Gasteiger partial charge is 0.393 e. The van der Waals surface area contributed by atoms with Crippen LogP contribution in [0.15, 0.2) is 49.1 Å². The molecule has 1 nitrogen and oxygen atoms in total. The molecule has 0 rings (SSSR count). The maximum Gasteiger partial charge on any atom is 0.0572 e. The Labute approximate surface area is 87.2 Å². The standard InChI is InChI=1S/C13H20O/c1-4-5-6-7-8-9-10-11-12(2)13(3)14/h4-6,8-14H,1,7H2,2-3H3/b6-5-,9-8-,11-10-/t12?,13-/m1/s1. The molecule has 0 aliphatic heterocycles. The summed E-state index contributed by atoms with van der Waals surface area (Å²) >= 11 is 0. The molecule has 0 saturated carbocycles. The number of aliphatic hydroxyl groups is 1. The van der Waals surface area contributed by atoms with E-state index in [0.717, 1.165) is 6.42 Å². The molecule has 14 heavy (non-hydrogen) atoms. The average Bonchev–Trinajstić information content (AvgIpc) is 2.16. The van der Waals surface area contributed by atoms with Crippen LogP contribution in [-0.2, 0) is 0 Å². The van der Waals surface area contributed by atoms with Crippen molar-refractivity contribution >= 4 is 0 Å². The van der Waals surface area contributed by atoms with Crippen molar-refractivity contribution in [2.45, 2.75) is 26.4 Å². The number of hydrogen-bond donors (Lipinski definition) is 1. The van der Waals surface area contributed by atoms with Crippen LogP contribution in [0.3, 0.4) is 0 Å². The van der Waals surface area contributed by atoms with Gasteiger partial charge in [-0.05, 0) is 19.3 Å². The molecule has 0 heterocycles. The minimum absolute atomic E-state index is 0.211. The molecule has 1 N–H and O–H groups in total. The van der Waals surface area contributed by atoms with Crippen LogP contribution >= 0.6 is 0 Å². The topological polar surface area (TPSA) is 20.2 Å². The minimum Gasteiger partial charge on any atom is -0.393 e. The molecule has 0 aliphatic carbocycles. The Kier molecular flexibility index (Phi) is 7.86. The van der Waals surface area contributed by atoms with Gasteiger partial charge >= 0.3 is 0 Å². The van der Waals surface area contributed by atoms with Crippen molar-refractivity contribution in [3.63, 3.8) is 0 Å². The van der Waals surface area contributed by atoms with Gasteiger partial charge in [-0.2, -0.15) is 0 Å². The molecule has 0 amide bonds. The van der Waals surface area contributed by atoms with Gasteiger partial charge < -0.3 is 5.11 Å². The van der Waals surface area contributed by atoms with E-state index >= 15 is 0 Å². The highest BCUT2D eigenvalue weighted by Crippen LogP contribution is 2.03. The number of rotatable bonds is 6. The molecule has 78 valence electrons. The molecule has 0 saturated heterocycles. The quantitative estimate of drug-likeness (QED) is 0.640. The lowest BCUT2D eigenvalue weighted by Gasteiger charge is -2.07. The first-order valence-corrected chi connectivity index (χ1v) is 4.97. The van der Waals surface area contributed by atoms with E-state index in [9.17, 15) is 5.11 Å². The lowest BCUT2D eigenvalue weighted by molar-refractivity contribution is 0.157. The summed E-state index contributed by atoms with van der Waals surface area (Å²) < 4.78 is 0. The van der Waals surface area contributed by atoms with E-state index in [4.69, 9.17) is 0 Å². The molecule has 0 aromatic heterocycles. The molecule has 0 fully saturated rings. The average molecular weight is 192 g/mol. The second-order valence-corrected chi connectivity index (χ2v) is 3.31. The zero-order valence-corrected chi connectivity index (χ0v) is 9.06. The van der Waals surface area contributed by atoms with Gasteiger partial charge in [-0.1, -0.05) is 56.0 Å². The lowest BCUT2D eigenvalue weighted by Crippen LogP contribution is -2.09. The molecule has 0 aromatic carbocycles. The van der Waals surface area contributed by atoms with Gasteiger partial charge in [0, 0.05) is 0 Å². The Morgan fingerprint density at radius 3 is 2.36 bits per heavy atom. The van der Waals surface area contributed by atoms with Gasteiger partial charge in [-0.3, -0.25) is 0 Å². The summed E-state index contributed by atoms with van der Waals surface area (Å²) in [4.78, 5) is 0. The molecule has 0 aromatic rings. The van der Waals surface area contributed by atoms with E-state index in [2.05, 4.69) is 12.7 Å². The zero-order valence-electron chi connectivity index (χ0n) is 9.06. The van der Waals surface area contributed by atoms with E-state index in [0.29, 0.717) is 0 Å². The highest BCUT2D eigenvalue weighted by Gasteiger charge is 2.01. The van der Waals surface area contributed by atoms with Gasteiger partial charge in [0.15, 0.2) is 0 Å². The third kappa shape index (κ3) is 7.56. The fourth-order valence-electron chi connectivity index (χ4n) is 0.811. The van der Waals surface area contributed by atoms with Crippen molar-refractivity contribution in [3.05, 3.63) is 49.1 Å². The maximum atomic E-state index is 9.20. The highest BCUT2D eigenvalue weighted by atomic mass is 16.3. The monoisotopic (exact) mass is 192 g/mol. The van der Waals surface area contributed by atoms with Crippen LogP contribution in [0.1, 0.15) is 20.3 Å². The summed E-state index contributed by atoms with van der Waals surface area (Å²) in [6.07, 6.45) is 14.4. The van der Waals surface area contributed by atoms with Crippen molar-refractivity contribution in [3.8, 4) is 0 Å². The van der Waals surface area contributed by atoms with Gasteiger partial charge in [0.25, 0.3) is 0 Å². The lowest BCUT2D eigenvalue weighted by atomic mass is 10.1. The first-order chi connectivity index (χ1) is 6.68. The molecule has 1 unspecified atom stereocenters. The van der Waals surface area contributed by atoms with E-state index < -0.39 is 0 Å². The Hall–Kier alpha value is -1.08. The summed E-state index contributed by atoms with van der Waals surface area (Å²) in [7, 11) is 0. The minimum atomic E-state index is -0.277. The predicted octanol–water partition coefficient (Wildman–Crippen LogP) is 3.25. The third-order valence-electron chi connectivity index (χ3n) is 1.97. The van der Waals surface area contributed by atoms with Crippen LogP contribution in [0.4, 0.5) is 0 Å². The normalized spacial score (nSPS) is 16.8. The van der Waals surface area contributed by atoms with Crippen molar-refractivity contribution in [1.29, 1.82) is 0 Å². The van der Waals surface area contributed by atoms with E-state index in [1.54, 1.807) is 13.0 Å². The summed E-state index contributed by atoms with van der Waals surface area (Å²) in [6.45, 7) is 7.37. The molecule has 0 spiro atoms. The maximum absolute atomic E-state index is 9.20. The molecule has 0 radical (unpaired) electrons. The molecule has 1 heteroatoms.